The molecule has 2 aliphatic rings. The highest BCUT2D eigenvalue weighted by atomic mass is 14.9. The Hall–Kier alpha value is -0.0400. The molecule has 0 amide bonds. The lowest BCUT2D eigenvalue weighted by Gasteiger charge is -2.35. The predicted octanol–water partition coefficient (Wildman–Crippen LogP) is 4.76. The van der Waals surface area contributed by atoms with Crippen LogP contribution in [0.15, 0.2) is 0 Å². The Morgan fingerprint density at radius 1 is 0.944 bits per heavy atom. The van der Waals surface area contributed by atoms with E-state index in [2.05, 4.69) is 19.3 Å². The van der Waals surface area contributed by atoms with Crippen LogP contribution in [0, 0.1) is 17.8 Å². The summed E-state index contributed by atoms with van der Waals surface area (Å²) >= 11 is 0. The van der Waals surface area contributed by atoms with E-state index in [9.17, 15) is 0 Å². The van der Waals surface area contributed by atoms with Crippen LogP contribution in [-0.4, -0.2) is 13.1 Å². The Balaban J connectivity index is 1.83. The molecule has 2 aliphatic carbocycles. The number of hydrogen-bond donors (Lipinski definition) is 1. The predicted molar refractivity (Wildman–Crippen MR) is 79.8 cm³/mol. The van der Waals surface area contributed by atoms with Gasteiger partial charge in [-0.3, -0.25) is 0 Å². The number of hydrogen-bond acceptors (Lipinski definition) is 1. The van der Waals surface area contributed by atoms with Crippen LogP contribution in [-0.2, 0) is 0 Å². The Labute approximate surface area is 114 Å². The summed E-state index contributed by atoms with van der Waals surface area (Å²) in [5.74, 6) is 2.94. The van der Waals surface area contributed by atoms with Gasteiger partial charge in [0.15, 0.2) is 0 Å². The maximum Gasteiger partial charge on any atom is 0.00950 e. The van der Waals surface area contributed by atoms with Gasteiger partial charge in [0.1, 0.15) is 0 Å². The van der Waals surface area contributed by atoms with Crippen molar-refractivity contribution in [2.24, 2.45) is 17.8 Å². The molecule has 0 bridgehead atoms. The lowest BCUT2D eigenvalue weighted by atomic mass is 9.75. The largest absolute Gasteiger partial charge is 0.317 e. The van der Waals surface area contributed by atoms with Crippen molar-refractivity contribution < 1.29 is 0 Å². The molecule has 106 valence electrons. The highest BCUT2D eigenvalue weighted by Gasteiger charge is 2.27. The van der Waals surface area contributed by atoms with Crippen LogP contribution >= 0.6 is 0 Å². The highest BCUT2D eigenvalue weighted by Crippen LogP contribution is 2.35. The Morgan fingerprint density at radius 3 is 2.28 bits per heavy atom. The number of nitrogens with one attached hydrogen (secondary N) is 1. The minimum absolute atomic E-state index is 0.802. The van der Waals surface area contributed by atoms with E-state index in [1.165, 1.54) is 70.6 Å². The summed E-state index contributed by atoms with van der Waals surface area (Å²) in [5, 5.41) is 3.66. The molecule has 0 saturated heterocycles. The highest BCUT2D eigenvalue weighted by molar-refractivity contribution is 4.83. The van der Waals surface area contributed by atoms with Crippen molar-refractivity contribution in [3.8, 4) is 0 Å². The molecule has 0 aromatic heterocycles. The van der Waals surface area contributed by atoms with Gasteiger partial charge in [-0.2, -0.15) is 0 Å². The van der Waals surface area contributed by atoms with Crippen LogP contribution < -0.4 is 5.32 Å². The Kier molecular flexibility index (Phi) is 6.01. The third-order valence-electron chi connectivity index (χ3n) is 5.48. The molecule has 2 fully saturated rings. The van der Waals surface area contributed by atoms with E-state index in [-0.39, 0.29) is 0 Å². The first-order valence-corrected chi connectivity index (χ1v) is 8.47. The van der Waals surface area contributed by atoms with Crippen LogP contribution in [0.3, 0.4) is 0 Å². The summed E-state index contributed by atoms with van der Waals surface area (Å²) in [7, 11) is 2.20. The summed E-state index contributed by atoms with van der Waals surface area (Å²) in [6.07, 6.45) is 16.3. The molecule has 2 rings (SSSR count). The first-order chi connectivity index (χ1) is 8.79. The fourth-order valence-corrected chi connectivity index (χ4v) is 4.35. The molecule has 0 aliphatic heterocycles. The summed E-state index contributed by atoms with van der Waals surface area (Å²) < 4.78 is 0. The molecular formula is C17H33N. The fraction of sp³-hybridized carbons (Fsp3) is 1.00. The van der Waals surface area contributed by atoms with Crippen LogP contribution in [0.4, 0.5) is 0 Å². The van der Waals surface area contributed by atoms with Crippen molar-refractivity contribution in [2.75, 3.05) is 7.05 Å². The molecule has 0 aromatic rings. The van der Waals surface area contributed by atoms with Gasteiger partial charge in [0.2, 0.25) is 0 Å². The third-order valence-corrected chi connectivity index (χ3v) is 5.48. The molecule has 3 unspecified atom stereocenters. The van der Waals surface area contributed by atoms with Crippen molar-refractivity contribution in [1.82, 2.24) is 5.32 Å². The lowest BCUT2D eigenvalue weighted by Crippen LogP contribution is -2.37. The summed E-state index contributed by atoms with van der Waals surface area (Å²) in [4.78, 5) is 0. The molecule has 0 aromatic carbocycles. The van der Waals surface area contributed by atoms with Gasteiger partial charge in [-0.15, -0.1) is 0 Å². The lowest BCUT2D eigenvalue weighted by molar-refractivity contribution is 0.200. The monoisotopic (exact) mass is 251 g/mol. The van der Waals surface area contributed by atoms with Crippen molar-refractivity contribution in [3.05, 3.63) is 0 Å². The van der Waals surface area contributed by atoms with Crippen LogP contribution in [0.1, 0.15) is 77.6 Å². The van der Waals surface area contributed by atoms with E-state index in [1.807, 2.05) is 0 Å². The van der Waals surface area contributed by atoms with Crippen molar-refractivity contribution >= 4 is 0 Å². The van der Waals surface area contributed by atoms with Gasteiger partial charge in [-0.25, -0.2) is 0 Å². The van der Waals surface area contributed by atoms with Crippen molar-refractivity contribution in [1.29, 1.82) is 0 Å². The minimum Gasteiger partial charge on any atom is -0.317 e. The van der Waals surface area contributed by atoms with Gasteiger partial charge >= 0.3 is 0 Å². The van der Waals surface area contributed by atoms with E-state index in [1.54, 1.807) is 0 Å². The second-order valence-electron chi connectivity index (χ2n) is 7.02. The molecular weight excluding hydrogens is 218 g/mol. The average molecular weight is 251 g/mol. The van der Waals surface area contributed by atoms with Crippen LogP contribution in [0.2, 0.25) is 0 Å². The van der Waals surface area contributed by atoms with Gasteiger partial charge in [-0.05, 0) is 44.1 Å². The van der Waals surface area contributed by atoms with E-state index in [0.29, 0.717) is 0 Å². The maximum absolute atomic E-state index is 3.66. The van der Waals surface area contributed by atoms with Crippen LogP contribution in [0.5, 0.6) is 0 Å². The van der Waals surface area contributed by atoms with Gasteiger partial charge in [0, 0.05) is 6.04 Å². The Morgan fingerprint density at radius 2 is 1.67 bits per heavy atom. The van der Waals surface area contributed by atoms with Gasteiger partial charge < -0.3 is 5.32 Å². The molecule has 18 heavy (non-hydrogen) atoms. The molecule has 0 spiro atoms. The first kappa shape index (κ1) is 14.4. The number of rotatable bonds is 4. The second kappa shape index (κ2) is 7.53. The minimum atomic E-state index is 0.802. The zero-order valence-electron chi connectivity index (χ0n) is 12.6. The zero-order valence-corrected chi connectivity index (χ0v) is 12.6. The van der Waals surface area contributed by atoms with E-state index in [4.69, 9.17) is 0 Å². The molecule has 2 saturated carbocycles. The maximum atomic E-state index is 3.66. The van der Waals surface area contributed by atoms with Crippen molar-refractivity contribution in [3.63, 3.8) is 0 Å². The molecule has 1 N–H and O–H groups in total. The smallest absolute Gasteiger partial charge is 0.00950 e. The summed E-state index contributed by atoms with van der Waals surface area (Å²) in [6.45, 7) is 2.45. The van der Waals surface area contributed by atoms with Gasteiger partial charge in [-0.1, -0.05) is 58.3 Å². The fourth-order valence-electron chi connectivity index (χ4n) is 4.35. The summed E-state index contributed by atoms with van der Waals surface area (Å²) in [6, 6.07) is 0.802. The van der Waals surface area contributed by atoms with E-state index >= 15 is 0 Å². The first-order valence-electron chi connectivity index (χ1n) is 8.47. The average Bonchev–Trinajstić information content (AvgIpc) is 2.64. The second-order valence-corrected chi connectivity index (χ2v) is 7.02. The summed E-state index contributed by atoms with van der Waals surface area (Å²) in [5.41, 5.74) is 0. The van der Waals surface area contributed by atoms with E-state index in [0.717, 1.165) is 23.8 Å². The van der Waals surface area contributed by atoms with Crippen molar-refractivity contribution in [2.45, 2.75) is 83.6 Å². The molecule has 0 heterocycles. The quantitative estimate of drug-likeness (QED) is 0.710. The topological polar surface area (TPSA) is 12.0 Å². The normalized spacial score (nSPS) is 33.0. The van der Waals surface area contributed by atoms with Gasteiger partial charge in [0.25, 0.3) is 0 Å². The molecule has 1 nitrogen and oxygen atoms in total. The van der Waals surface area contributed by atoms with Crippen LogP contribution in [0.25, 0.3) is 0 Å². The zero-order chi connectivity index (χ0) is 12.8. The standard InChI is InChI=1S/C17H33N/c1-14-8-7-11-16(12-14)17(18-2)13-15-9-5-3-4-6-10-15/h14-18H,3-13H2,1-2H3. The Bertz CT molecular complexity index is 218. The molecule has 1 heteroatoms. The van der Waals surface area contributed by atoms with E-state index < -0.39 is 0 Å². The molecule has 3 atom stereocenters. The SMILES string of the molecule is CNC(CC1CCCCCC1)C1CCCC(C)C1. The third kappa shape index (κ3) is 4.26. The molecule has 0 radical (unpaired) electrons. The van der Waals surface area contributed by atoms with Gasteiger partial charge in [0.05, 0.1) is 0 Å².